The van der Waals surface area contributed by atoms with E-state index in [1.165, 1.54) is 11.6 Å². The van der Waals surface area contributed by atoms with Gasteiger partial charge in [0.2, 0.25) is 0 Å². The highest BCUT2D eigenvalue weighted by atomic mass is 16.5. The lowest BCUT2D eigenvalue weighted by molar-refractivity contribution is -0.118. The molecule has 0 unspecified atom stereocenters. The van der Waals surface area contributed by atoms with Crippen molar-refractivity contribution >= 4 is 11.6 Å². The van der Waals surface area contributed by atoms with Crippen LogP contribution in [0.3, 0.4) is 0 Å². The summed E-state index contributed by atoms with van der Waals surface area (Å²) < 4.78 is 5.39. The molecule has 0 heterocycles. The number of ether oxygens (including phenoxy) is 1. The normalized spacial score (nSPS) is 10.1. The van der Waals surface area contributed by atoms with E-state index in [4.69, 9.17) is 4.74 Å². The number of carbonyl (C=O) groups is 1. The van der Waals surface area contributed by atoms with E-state index in [0.717, 1.165) is 6.42 Å². The minimum Gasteiger partial charge on any atom is -0.506 e. The van der Waals surface area contributed by atoms with Gasteiger partial charge in [0, 0.05) is 0 Å². The predicted molar refractivity (Wildman–Crippen MR) is 78.1 cm³/mol. The number of amides is 1. The summed E-state index contributed by atoms with van der Waals surface area (Å²) in [6.45, 7) is 1.98. The second-order valence-electron chi connectivity index (χ2n) is 4.35. The van der Waals surface area contributed by atoms with E-state index in [1.807, 2.05) is 24.3 Å². The average molecular weight is 271 g/mol. The SMILES string of the molecule is CCc1ccc(OCC(=O)Nc2ccccc2O)cc1. The van der Waals surface area contributed by atoms with Gasteiger partial charge in [-0.25, -0.2) is 0 Å². The number of carbonyl (C=O) groups excluding carboxylic acids is 1. The third kappa shape index (κ3) is 3.75. The molecule has 0 aromatic heterocycles. The van der Waals surface area contributed by atoms with Crippen LogP contribution in [0, 0.1) is 0 Å². The maximum absolute atomic E-state index is 11.7. The van der Waals surface area contributed by atoms with E-state index in [2.05, 4.69) is 12.2 Å². The minimum atomic E-state index is -0.314. The van der Waals surface area contributed by atoms with Crippen LogP contribution in [0.1, 0.15) is 12.5 Å². The largest absolute Gasteiger partial charge is 0.506 e. The molecule has 104 valence electrons. The zero-order valence-electron chi connectivity index (χ0n) is 11.3. The second kappa shape index (κ2) is 6.61. The fourth-order valence-corrected chi connectivity index (χ4v) is 1.74. The molecule has 2 rings (SSSR count). The van der Waals surface area contributed by atoms with Crippen LogP contribution in [0.25, 0.3) is 0 Å². The highest BCUT2D eigenvalue weighted by Crippen LogP contribution is 2.21. The summed E-state index contributed by atoms with van der Waals surface area (Å²) in [4.78, 5) is 11.7. The summed E-state index contributed by atoms with van der Waals surface area (Å²) >= 11 is 0. The van der Waals surface area contributed by atoms with Crippen LogP contribution in [-0.2, 0) is 11.2 Å². The lowest BCUT2D eigenvalue weighted by Gasteiger charge is -2.09. The van der Waals surface area contributed by atoms with Gasteiger partial charge in [-0.15, -0.1) is 0 Å². The monoisotopic (exact) mass is 271 g/mol. The lowest BCUT2D eigenvalue weighted by atomic mass is 10.2. The smallest absolute Gasteiger partial charge is 0.262 e. The first-order valence-electron chi connectivity index (χ1n) is 6.48. The molecule has 2 N–H and O–H groups in total. The third-order valence-electron chi connectivity index (χ3n) is 2.88. The highest BCUT2D eigenvalue weighted by molar-refractivity contribution is 5.93. The van der Waals surface area contributed by atoms with Gasteiger partial charge in [-0.05, 0) is 36.2 Å². The number of para-hydroxylation sites is 2. The minimum absolute atomic E-state index is 0.0353. The first-order valence-corrected chi connectivity index (χ1v) is 6.48. The number of phenolic OH excluding ortho intramolecular Hbond substituents is 1. The van der Waals surface area contributed by atoms with Crippen molar-refractivity contribution in [1.82, 2.24) is 0 Å². The summed E-state index contributed by atoms with van der Waals surface area (Å²) in [5.41, 5.74) is 1.60. The van der Waals surface area contributed by atoms with Crippen molar-refractivity contribution in [2.45, 2.75) is 13.3 Å². The Kier molecular flexibility index (Phi) is 4.60. The Hall–Kier alpha value is -2.49. The first kappa shape index (κ1) is 13.9. The van der Waals surface area contributed by atoms with Crippen LogP contribution in [0.15, 0.2) is 48.5 Å². The highest BCUT2D eigenvalue weighted by Gasteiger charge is 2.06. The Balaban J connectivity index is 1.87. The van der Waals surface area contributed by atoms with Crippen LogP contribution in [-0.4, -0.2) is 17.6 Å². The summed E-state index contributed by atoms with van der Waals surface area (Å²) in [6.07, 6.45) is 0.966. The number of aryl methyl sites for hydroxylation is 1. The molecule has 0 bridgehead atoms. The van der Waals surface area contributed by atoms with Gasteiger partial charge in [-0.2, -0.15) is 0 Å². The summed E-state index contributed by atoms with van der Waals surface area (Å²) in [7, 11) is 0. The zero-order chi connectivity index (χ0) is 14.4. The lowest BCUT2D eigenvalue weighted by Crippen LogP contribution is -2.20. The van der Waals surface area contributed by atoms with E-state index in [1.54, 1.807) is 18.2 Å². The summed E-state index contributed by atoms with van der Waals surface area (Å²) in [6, 6.07) is 14.2. The van der Waals surface area contributed by atoms with Gasteiger partial charge in [-0.1, -0.05) is 31.2 Å². The topological polar surface area (TPSA) is 58.6 Å². The maximum atomic E-state index is 11.7. The molecular weight excluding hydrogens is 254 g/mol. The van der Waals surface area contributed by atoms with Gasteiger partial charge >= 0.3 is 0 Å². The number of hydrogen-bond donors (Lipinski definition) is 2. The standard InChI is InChI=1S/C16H17NO3/c1-2-12-7-9-13(10-8-12)20-11-16(19)17-14-5-3-4-6-15(14)18/h3-10,18H,2,11H2,1H3,(H,17,19). The van der Waals surface area contributed by atoms with Crippen molar-refractivity contribution in [1.29, 1.82) is 0 Å². The molecule has 20 heavy (non-hydrogen) atoms. The van der Waals surface area contributed by atoms with Gasteiger partial charge in [0.1, 0.15) is 11.5 Å². The zero-order valence-corrected chi connectivity index (χ0v) is 11.3. The van der Waals surface area contributed by atoms with Gasteiger partial charge in [0.25, 0.3) is 5.91 Å². The van der Waals surface area contributed by atoms with Crippen LogP contribution in [0.4, 0.5) is 5.69 Å². The summed E-state index contributed by atoms with van der Waals surface area (Å²) in [5, 5.41) is 12.1. The van der Waals surface area contributed by atoms with Crippen LogP contribution >= 0.6 is 0 Å². The molecule has 1 amide bonds. The molecule has 0 saturated heterocycles. The molecule has 0 atom stereocenters. The Morgan fingerprint density at radius 2 is 1.85 bits per heavy atom. The van der Waals surface area contributed by atoms with E-state index in [-0.39, 0.29) is 18.3 Å². The van der Waals surface area contributed by atoms with Crippen molar-refractivity contribution in [2.24, 2.45) is 0 Å². The van der Waals surface area contributed by atoms with Gasteiger partial charge in [-0.3, -0.25) is 4.79 Å². The molecule has 0 radical (unpaired) electrons. The number of hydrogen-bond acceptors (Lipinski definition) is 3. The average Bonchev–Trinajstić information content (AvgIpc) is 2.48. The van der Waals surface area contributed by atoms with E-state index in [9.17, 15) is 9.90 Å². The number of rotatable bonds is 5. The van der Waals surface area contributed by atoms with Crippen molar-refractivity contribution in [2.75, 3.05) is 11.9 Å². The third-order valence-corrected chi connectivity index (χ3v) is 2.88. The number of anilines is 1. The molecule has 0 aliphatic heterocycles. The predicted octanol–water partition coefficient (Wildman–Crippen LogP) is 2.97. The molecule has 0 saturated carbocycles. The van der Waals surface area contributed by atoms with Crippen molar-refractivity contribution < 1.29 is 14.6 Å². The van der Waals surface area contributed by atoms with Gasteiger partial charge in [0.15, 0.2) is 6.61 Å². The van der Waals surface area contributed by atoms with Crippen molar-refractivity contribution in [3.05, 3.63) is 54.1 Å². The maximum Gasteiger partial charge on any atom is 0.262 e. The van der Waals surface area contributed by atoms with Crippen molar-refractivity contribution in [3.63, 3.8) is 0 Å². The van der Waals surface area contributed by atoms with Gasteiger partial charge < -0.3 is 15.2 Å². The molecule has 4 heteroatoms. The summed E-state index contributed by atoms with van der Waals surface area (Å²) in [5.74, 6) is 0.369. The quantitative estimate of drug-likeness (QED) is 0.822. The number of benzene rings is 2. The van der Waals surface area contributed by atoms with E-state index >= 15 is 0 Å². The van der Waals surface area contributed by atoms with Crippen LogP contribution in [0.5, 0.6) is 11.5 Å². The number of phenols is 1. The molecule has 2 aromatic carbocycles. The number of aromatic hydroxyl groups is 1. The molecule has 0 spiro atoms. The Labute approximate surface area is 118 Å². The molecule has 0 aliphatic carbocycles. The van der Waals surface area contributed by atoms with E-state index < -0.39 is 0 Å². The molecule has 0 aliphatic rings. The molecule has 2 aromatic rings. The fraction of sp³-hybridized carbons (Fsp3) is 0.188. The Morgan fingerprint density at radius 3 is 2.50 bits per heavy atom. The molecular formula is C16H17NO3. The van der Waals surface area contributed by atoms with Gasteiger partial charge in [0.05, 0.1) is 5.69 Å². The molecule has 4 nitrogen and oxygen atoms in total. The molecule has 0 fully saturated rings. The Morgan fingerprint density at radius 1 is 1.15 bits per heavy atom. The van der Waals surface area contributed by atoms with Crippen molar-refractivity contribution in [3.8, 4) is 11.5 Å². The Bertz CT molecular complexity index is 579. The second-order valence-corrected chi connectivity index (χ2v) is 4.35. The number of nitrogens with one attached hydrogen (secondary N) is 1. The first-order chi connectivity index (χ1) is 9.69. The van der Waals surface area contributed by atoms with Crippen LogP contribution in [0.2, 0.25) is 0 Å². The fourth-order valence-electron chi connectivity index (χ4n) is 1.74. The van der Waals surface area contributed by atoms with E-state index in [0.29, 0.717) is 11.4 Å². The van der Waals surface area contributed by atoms with Crippen LogP contribution < -0.4 is 10.1 Å².